The standard InChI is InChI=1S/C27H25FN8O2/c1-15(2)21-13-23(36(34-21)18-7-5-4-6-8-18)32-27(38)31-22-12-16(9-10-20(22)28)19-11-17-14-30-26(29)33-24(17)35(3)25(19)37/h4-15H,1-3H3,(H2,29,30,33)(H2,31,32,38). The highest BCUT2D eigenvalue weighted by atomic mass is 19.1. The number of aryl methyl sites for hydroxylation is 1. The van der Waals surface area contributed by atoms with Gasteiger partial charge in [0.15, 0.2) is 0 Å². The number of benzene rings is 2. The number of pyridine rings is 1. The van der Waals surface area contributed by atoms with E-state index in [4.69, 9.17) is 5.73 Å². The lowest BCUT2D eigenvalue weighted by Gasteiger charge is -2.12. The van der Waals surface area contributed by atoms with Crippen molar-refractivity contribution >= 4 is 34.5 Å². The largest absolute Gasteiger partial charge is 0.368 e. The zero-order chi connectivity index (χ0) is 27.0. The molecule has 0 radical (unpaired) electrons. The number of hydrogen-bond donors (Lipinski definition) is 3. The van der Waals surface area contributed by atoms with Crippen LogP contribution in [0.5, 0.6) is 0 Å². The first kappa shape index (κ1) is 24.6. The monoisotopic (exact) mass is 512 g/mol. The number of urea groups is 1. The van der Waals surface area contributed by atoms with Gasteiger partial charge in [-0.05, 0) is 41.8 Å². The molecule has 192 valence electrons. The Hall–Kier alpha value is -5.06. The van der Waals surface area contributed by atoms with Crippen LogP contribution in [-0.4, -0.2) is 30.3 Å². The maximum absolute atomic E-state index is 14.7. The Morgan fingerprint density at radius 2 is 1.82 bits per heavy atom. The van der Waals surface area contributed by atoms with E-state index in [0.717, 1.165) is 11.4 Å². The minimum absolute atomic E-state index is 0.0497. The fourth-order valence-corrected chi connectivity index (χ4v) is 4.06. The molecule has 0 fully saturated rings. The quantitative estimate of drug-likeness (QED) is 0.313. The number of rotatable bonds is 5. The lowest BCUT2D eigenvalue weighted by molar-refractivity contribution is 0.262. The highest BCUT2D eigenvalue weighted by Gasteiger charge is 2.17. The molecule has 11 heteroatoms. The van der Waals surface area contributed by atoms with E-state index in [1.807, 2.05) is 44.2 Å². The van der Waals surface area contributed by atoms with Gasteiger partial charge < -0.3 is 11.1 Å². The second-order valence-corrected chi connectivity index (χ2v) is 9.06. The molecule has 0 bridgehead atoms. The van der Waals surface area contributed by atoms with Gasteiger partial charge >= 0.3 is 6.03 Å². The number of nitrogens with one attached hydrogen (secondary N) is 2. The van der Waals surface area contributed by atoms with Gasteiger partial charge in [-0.15, -0.1) is 0 Å². The molecule has 3 aromatic heterocycles. The summed E-state index contributed by atoms with van der Waals surface area (Å²) in [7, 11) is 1.57. The number of fused-ring (bicyclic) bond motifs is 1. The summed E-state index contributed by atoms with van der Waals surface area (Å²) in [5, 5.41) is 10.5. The molecule has 5 aromatic rings. The van der Waals surface area contributed by atoms with Crippen molar-refractivity contribution in [3.63, 3.8) is 0 Å². The van der Waals surface area contributed by atoms with Gasteiger partial charge in [-0.3, -0.25) is 14.7 Å². The van der Waals surface area contributed by atoms with Crippen LogP contribution in [0.15, 0.2) is 71.7 Å². The van der Waals surface area contributed by atoms with Crippen molar-refractivity contribution in [3.05, 3.63) is 88.7 Å². The van der Waals surface area contributed by atoms with Crippen LogP contribution in [0.2, 0.25) is 0 Å². The van der Waals surface area contributed by atoms with E-state index in [0.29, 0.717) is 28.0 Å². The molecule has 38 heavy (non-hydrogen) atoms. The summed E-state index contributed by atoms with van der Waals surface area (Å²) in [6.07, 6.45) is 1.51. The fraction of sp³-hybridized carbons (Fsp3) is 0.148. The smallest absolute Gasteiger partial charge is 0.324 e. The number of nitrogens with two attached hydrogens (primary N) is 1. The number of carbonyl (C=O) groups is 1. The van der Waals surface area contributed by atoms with Gasteiger partial charge in [0.25, 0.3) is 5.56 Å². The van der Waals surface area contributed by atoms with Gasteiger partial charge in [0.2, 0.25) is 5.95 Å². The van der Waals surface area contributed by atoms with Gasteiger partial charge in [-0.2, -0.15) is 10.1 Å². The molecule has 2 aromatic carbocycles. The third kappa shape index (κ3) is 4.69. The molecule has 0 aliphatic carbocycles. The summed E-state index contributed by atoms with van der Waals surface area (Å²) in [5.41, 5.74) is 7.84. The fourth-order valence-electron chi connectivity index (χ4n) is 4.06. The summed E-state index contributed by atoms with van der Waals surface area (Å²) >= 11 is 0. The van der Waals surface area contributed by atoms with Crippen molar-refractivity contribution in [3.8, 4) is 16.8 Å². The lowest BCUT2D eigenvalue weighted by atomic mass is 10.1. The predicted molar refractivity (Wildman–Crippen MR) is 145 cm³/mol. The third-order valence-electron chi connectivity index (χ3n) is 6.05. The van der Waals surface area contributed by atoms with Crippen molar-refractivity contribution in [2.75, 3.05) is 16.4 Å². The number of amides is 2. The number of halogens is 1. The van der Waals surface area contributed by atoms with Gasteiger partial charge in [-0.25, -0.2) is 18.9 Å². The topological polar surface area (TPSA) is 133 Å². The minimum Gasteiger partial charge on any atom is -0.368 e. The number of carbonyl (C=O) groups excluding carboxylic acids is 1. The van der Waals surface area contributed by atoms with Crippen LogP contribution in [0.4, 0.5) is 26.6 Å². The third-order valence-corrected chi connectivity index (χ3v) is 6.05. The Labute approximate surface area is 217 Å². The Morgan fingerprint density at radius 3 is 2.55 bits per heavy atom. The number of nitrogens with zero attached hydrogens (tertiary/aromatic N) is 5. The highest BCUT2D eigenvalue weighted by Crippen LogP contribution is 2.26. The second kappa shape index (κ2) is 9.77. The molecule has 4 N–H and O–H groups in total. The molecule has 0 saturated carbocycles. The van der Waals surface area contributed by atoms with Crippen molar-refractivity contribution in [1.82, 2.24) is 24.3 Å². The first-order chi connectivity index (χ1) is 18.2. The minimum atomic E-state index is -0.663. The second-order valence-electron chi connectivity index (χ2n) is 9.06. The molecule has 2 amide bonds. The van der Waals surface area contributed by atoms with E-state index in [1.54, 1.807) is 23.9 Å². The van der Waals surface area contributed by atoms with Crippen LogP contribution in [0.25, 0.3) is 27.8 Å². The van der Waals surface area contributed by atoms with E-state index >= 15 is 0 Å². The number of para-hydroxylation sites is 1. The SMILES string of the molecule is CC(C)c1cc(NC(=O)Nc2cc(-c3cc4cnc(N)nc4n(C)c3=O)ccc2F)n(-c2ccccc2)n1. The Balaban J connectivity index is 1.46. The summed E-state index contributed by atoms with van der Waals surface area (Å²) in [4.78, 5) is 34.1. The zero-order valence-electron chi connectivity index (χ0n) is 20.9. The van der Waals surface area contributed by atoms with Crippen LogP contribution in [0.1, 0.15) is 25.5 Å². The summed E-state index contributed by atoms with van der Waals surface area (Å²) < 4.78 is 17.7. The lowest BCUT2D eigenvalue weighted by Crippen LogP contribution is -2.22. The molecule has 0 spiro atoms. The molecule has 0 unspecified atom stereocenters. The highest BCUT2D eigenvalue weighted by molar-refractivity contribution is 6.00. The predicted octanol–water partition coefficient (Wildman–Crippen LogP) is 4.67. The molecule has 10 nitrogen and oxygen atoms in total. The first-order valence-corrected chi connectivity index (χ1v) is 11.9. The Kier molecular flexibility index (Phi) is 6.33. The molecule has 0 atom stereocenters. The Morgan fingerprint density at radius 1 is 1.05 bits per heavy atom. The maximum Gasteiger partial charge on any atom is 0.324 e. The average Bonchev–Trinajstić information content (AvgIpc) is 3.32. The van der Waals surface area contributed by atoms with E-state index in [-0.39, 0.29) is 23.1 Å². The van der Waals surface area contributed by atoms with Crippen molar-refractivity contribution in [2.45, 2.75) is 19.8 Å². The zero-order valence-corrected chi connectivity index (χ0v) is 20.9. The van der Waals surface area contributed by atoms with E-state index in [9.17, 15) is 14.0 Å². The molecular weight excluding hydrogens is 487 g/mol. The van der Waals surface area contributed by atoms with Gasteiger partial charge in [0.05, 0.1) is 17.1 Å². The average molecular weight is 513 g/mol. The molecule has 0 aliphatic rings. The van der Waals surface area contributed by atoms with E-state index < -0.39 is 11.8 Å². The maximum atomic E-state index is 14.7. The van der Waals surface area contributed by atoms with Crippen LogP contribution in [0, 0.1) is 5.82 Å². The van der Waals surface area contributed by atoms with E-state index in [1.165, 1.54) is 29.0 Å². The van der Waals surface area contributed by atoms with Crippen LogP contribution in [0.3, 0.4) is 0 Å². The number of hydrogen-bond acceptors (Lipinski definition) is 6. The van der Waals surface area contributed by atoms with Crippen molar-refractivity contribution in [1.29, 1.82) is 0 Å². The molecule has 3 heterocycles. The summed E-state index contributed by atoms with van der Waals surface area (Å²) in [6, 6.07) is 16.2. The van der Waals surface area contributed by atoms with Gasteiger partial charge in [0.1, 0.15) is 17.3 Å². The van der Waals surface area contributed by atoms with Crippen LogP contribution >= 0.6 is 0 Å². The van der Waals surface area contributed by atoms with E-state index in [2.05, 4.69) is 25.7 Å². The molecular formula is C27H25FN8O2. The first-order valence-electron chi connectivity index (χ1n) is 11.9. The molecule has 0 aliphatic heterocycles. The van der Waals surface area contributed by atoms with Crippen LogP contribution < -0.4 is 21.9 Å². The van der Waals surface area contributed by atoms with Crippen molar-refractivity contribution in [2.24, 2.45) is 7.05 Å². The van der Waals surface area contributed by atoms with Gasteiger partial charge in [0, 0.05) is 30.3 Å². The number of anilines is 3. The normalized spacial score (nSPS) is 11.2. The van der Waals surface area contributed by atoms with Crippen molar-refractivity contribution < 1.29 is 9.18 Å². The number of nitrogen functional groups attached to an aromatic ring is 1. The van der Waals surface area contributed by atoms with Crippen LogP contribution in [-0.2, 0) is 7.05 Å². The molecule has 0 saturated heterocycles. The van der Waals surface area contributed by atoms with Gasteiger partial charge in [-0.1, -0.05) is 38.1 Å². The number of aromatic nitrogens is 5. The molecule has 5 rings (SSSR count). The Bertz CT molecular complexity index is 1730. The summed E-state index contributed by atoms with van der Waals surface area (Å²) in [6.45, 7) is 4.00. The summed E-state index contributed by atoms with van der Waals surface area (Å²) in [5.74, 6) is -0.0496.